The van der Waals surface area contributed by atoms with Crippen LogP contribution in [0.4, 0.5) is 10.1 Å². The van der Waals surface area contributed by atoms with Gasteiger partial charge in [0.2, 0.25) is 0 Å². The van der Waals surface area contributed by atoms with Crippen molar-refractivity contribution in [1.82, 2.24) is 4.90 Å². The smallest absolute Gasteiger partial charge is 0.146 e. The number of anilines is 1. The zero-order valence-electron chi connectivity index (χ0n) is 12.8. The molecular formula is C16H26FN3. The zero-order chi connectivity index (χ0) is 14.8. The van der Waals surface area contributed by atoms with Crippen molar-refractivity contribution in [3.05, 3.63) is 30.1 Å². The molecule has 4 heteroatoms. The van der Waals surface area contributed by atoms with Crippen LogP contribution in [-0.4, -0.2) is 43.2 Å². The molecule has 1 aliphatic rings. The third-order valence-electron chi connectivity index (χ3n) is 4.85. The molecule has 2 rings (SSSR count). The van der Waals surface area contributed by atoms with Crippen LogP contribution in [0, 0.1) is 11.7 Å². The largest absolute Gasteiger partial charge is 0.367 e. The Morgan fingerprint density at radius 2 is 1.80 bits per heavy atom. The van der Waals surface area contributed by atoms with E-state index in [0.29, 0.717) is 18.2 Å². The monoisotopic (exact) mass is 279 g/mol. The molecule has 1 aliphatic heterocycles. The SMILES string of the molecule is CC(C)C(C)(CN)N1CCN(c2ccccc2F)CC1. The molecule has 1 atom stereocenters. The summed E-state index contributed by atoms with van der Waals surface area (Å²) in [4.78, 5) is 4.58. The number of benzene rings is 1. The van der Waals surface area contributed by atoms with Crippen LogP contribution in [-0.2, 0) is 0 Å². The highest BCUT2D eigenvalue weighted by atomic mass is 19.1. The first kappa shape index (κ1) is 15.3. The number of halogens is 1. The summed E-state index contributed by atoms with van der Waals surface area (Å²) in [6.45, 7) is 10.9. The lowest BCUT2D eigenvalue weighted by molar-refractivity contribution is 0.0615. The standard InChI is InChI=1S/C16H26FN3/c1-13(2)16(3,12-18)20-10-8-19(9-11-20)15-7-5-4-6-14(15)17/h4-7,13H,8-12,18H2,1-3H3. The molecule has 0 radical (unpaired) electrons. The van der Waals surface area contributed by atoms with Crippen LogP contribution in [0.1, 0.15) is 20.8 Å². The van der Waals surface area contributed by atoms with E-state index in [2.05, 4.69) is 30.6 Å². The second-order valence-electron chi connectivity index (χ2n) is 6.14. The molecular weight excluding hydrogens is 253 g/mol. The summed E-state index contributed by atoms with van der Waals surface area (Å²) < 4.78 is 13.8. The Hall–Kier alpha value is -1.13. The number of hydrogen-bond acceptors (Lipinski definition) is 3. The summed E-state index contributed by atoms with van der Waals surface area (Å²) in [6.07, 6.45) is 0. The molecule has 0 amide bonds. The van der Waals surface area contributed by atoms with Crippen LogP contribution in [0.25, 0.3) is 0 Å². The van der Waals surface area contributed by atoms with Crippen LogP contribution < -0.4 is 10.6 Å². The molecule has 0 bridgehead atoms. The second kappa shape index (κ2) is 6.10. The van der Waals surface area contributed by atoms with Crippen LogP contribution >= 0.6 is 0 Å². The maximum absolute atomic E-state index is 13.8. The third kappa shape index (κ3) is 2.81. The molecule has 0 aliphatic carbocycles. The van der Waals surface area contributed by atoms with E-state index in [-0.39, 0.29) is 11.4 Å². The van der Waals surface area contributed by atoms with Crippen LogP contribution in [0.2, 0.25) is 0 Å². The third-order valence-corrected chi connectivity index (χ3v) is 4.85. The van der Waals surface area contributed by atoms with Gasteiger partial charge in [-0.05, 0) is 25.0 Å². The number of para-hydroxylation sites is 1. The average Bonchev–Trinajstić information content (AvgIpc) is 2.47. The molecule has 1 saturated heterocycles. The van der Waals surface area contributed by atoms with Crippen molar-refractivity contribution in [1.29, 1.82) is 0 Å². The van der Waals surface area contributed by atoms with Crippen LogP contribution in [0.15, 0.2) is 24.3 Å². The molecule has 1 heterocycles. The summed E-state index contributed by atoms with van der Waals surface area (Å²) in [5.41, 5.74) is 6.74. The van der Waals surface area contributed by atoms with Crippen molar-refractivity contribution >= 4 is 5.69 Å². The predicted molar refractivity (Wildman–Crippen MR) is 82.5 cm³/mol. The number of hydrogen-bond donors (Lipinski definition) is 1. The zero-order valence-corrected chi connectivity index (χ0v) is 12.8. The van der Waals surface area contributed by atoms with E-state index in [1.807, 2.05) is 12.1 Å². The van der Waals surface area contributed by atoms with Crippen molar-refractivity contribution in [3.8, 4) is 0 Å². The van der Waals surface area contributed by atoms with Crippen molar-refractivity contribution < 1.29 is 4.39 Å². The Kier molecular flexibility index (Phi) is 4.66. The minimum atomic E-state index is -0.133. The molecule has 20 heavy (non-hydrogen) atoms. The topological polar surface area (TPSA) is 32.5 Å². The maximum Gasteiger partial charge on any atom is 0.146 e. The lowest BCUT2D eigenvalue weighted by atomic mass is 9.86. The van der Waals surface area contributed by atoms with Crippen molar-refractivity contribution in [2.45, 2.75) is 26.3 Å². The van der Waals surface area contributed by atoms with E-state index in [0.717, 1.165) is 26.2 Å². The fourth-order valence-electron chi connectivity index (χ4n) is 2.90. The molecule has 2 N–H and O–H groups in total. The van der Waals surface area contributed by atoms with E-state index >= 15 is 0 Å². The van der Waals surface area contributed by atoms with Gasteiger partial charge in [0, 0.05) is 38.3 Å². The molecule has 0 aromatic heterocycles. The highest BCUT2D eigenvalue weighted by molar-refractivity contribution is 5.48. The summed E-state index contributed by atoms with van der Waals surface area (Å²) in [5, 5.41) is 0. The quantitative estimate of drug-likeness (QED) is 0.918. The highest BCUT2D eigenvalue weighted by Crippen LogP contribution is 2.27. The number of piperazine rings is 1. The van der Waals surface area contributed by atoms with Crippen molar-refractivity contribution in [3.63, 3.8) is 0 Å². The second-order valence-corrected chi connectivity index (χ2v) is 6.14. The van der Waals surface area contributed by atoms with Gasteiger partial charge < -0.3 is 10.6 Å². The summed E-state index contributed by atoms with van der Waals surface area (Å²) in [5.74, 6) is 0.374. The summed E-state index contributed by atoms with van der Waals surface area (Å²) in [6, 6.07) is 7.01. The van der Waals surface area contributed by atoms with Gasteiger partial charge in [-0.1, -0.05) is 26.0 Å². The minimum Gasteiger partial charge on any atom is -0.367 e. The average molecular weight is 279 g/mol. The van der Waals surface area contributed by atoms with Gasteiger partial charge in [-0.15, -0.1) is 0 Å². The highest BCUT2D eigenvalue weighted by Gasteiger charge is 2.35. The molecule has 1 aromatic carbocycles. The lowest BCUT2D eigenvalue weighted by Gasteiger charge is -2.48. The Morgan fingerprint density at radius 3 is 2.30 bits per heavy atom. The maximum atomic E-state index is 13.8. The first-order valence-electron chi connectivity index (χ1n) is 7.43. The number of nitrogens with two attached hydrogens (primary N) is 1. The van der Waals surface area contributed by atoms with Crippen LogP contribution in [0.3, 0.4) is 0 Å². The normalized spacial score (nSPS) is 20.2. The van der Waals surface area contributed by atoms with Crippen molar-refractivity contribution in [2.75, 3.05) is 37.6 Å². The van der Waals surface area contributed by atoms with Gasteiger partial charge in [0.25, 0.3) is 0 Å². The molecule has 112 valence electrons. The molecule has 1 unspecified atom stereocenters. The van der Waals surface area contributed by atoms with Gasteiger partial charge in [0.15, 0.2) is 0 Å². The van der Waals surface area contributed by atoms with Gasteiger partial charge in [0.05, 0.1) is 5.69 Å². The molecule has 3 nitrogen and oxygen atoms in total. The van der Waals surface area contributed by atoms with Gasteiger partial charge in [0.1, 0.15) is 5.82 Å². The van der Waals surface area contributed by atoms with E-state index in [9.17, 15) is 4.39 Å². The van der Waals surface area contributed by atoms with Gasteiger partial charge in [-0.3, -0.25) is 4.90 Å². The number of rotatable bonds is 4. The minimum absolute atomic E-state index is 0.0291. The molecule has 1 fully saturated rings. The Labute approximate surface area is 121 Å². The van der Waals surface area contributed by atoms with Gasteiger partial charge in [-0.2, -0.15) is 0 Å². The van der Waals surface area contributed by atoms with Gasteiger partial charge >= 0.3 is 0 Å². The Morgan fingerprint density at radius 1 is 1.20 bits per heavy atom. The summed E-state index contributed by atoms with van der Waals surface area (Å²) >= 11 is 0. The van der Waals surface area contributed by atoms with Crippen LogP contribution in [0.5, 0.6) is 0 Å². The van der Waals surface area contributed by atoms with E-state index in [1.54, 1.807) is 6.07 Å². The fraction of sp³-hybridized carbons (Fsp3) is 0.625. The first-order chi connectivity index (χ1) is 9.49. The van der Waals surface area contributed by atoms with E-state index in [1.165, 1.54) is 6.07 Å². The Balaban J connectivity index is 2.04. The lowest BCUT2D eigenvalue weighted by Crippen LogP contribution is -2.61. The van der Waals surface area contributed by atoms with Gasteiger partial charge in [-0.25, -0.2) is 4.39 Å². The molecule has 0 spiro atoms. The first-order valence-corrected chi connectivity index (χ1v) is 7.43. The predicted octanol–water partition coefficient (Wildman–Crippen LogP) is 2.32. The van der Waals surface area contributed by atoms with Crippen molar-refractivity contribution in [2.24, 2.45) is 11.7 Å². The summed E-state index contributed by atoms with van der Waals surface area (Å²) in [7, 11) is 0. The Bertz CT molecular complexity index is 441. The van der Waals surface area contributed by atoms with E-state index in [4.69, 9.17) is 5.73 Å². The molecule has 1 aromatic rings. The fourth-order valence-corrected chi connectivity index (χ4v) is 2.90. The van der Waals surface area contributed by atoms with E-state index < -0.39 is 0 Å². The number of nitrogens with zero attached hydrogens (tertiary/aromatic N) is 2. The molecule has 0 saturated carbocycles.